The molecule has 0 atom stereocenters. The number of hydrogen-bond donors (Lipinski definition) is 0. The van der Waals surface area contributed by atoms with Crippen LogP contribution in [0, 0.1) is 11.3 Å². The predicted octanol–water partition coefficient (Wildman–Crippen LogP) is 12.5. The zero-order chi connectivity index (χ0) is 32.5. The Kier molecular flexibility index (Phi) is 6.33. The molecule has 1 aromatic heterocycles. The van der Waals surface area contributed by atoms with Crippen molar-refractivity contribution >= 4 is 76.9 Å². The van der Waals surface area contributed by atoms with Gasteiger partial charge in [0.1, 0.15) is 0 Å². The molecule has 0 saturated heterocycles. The van der Waals surface area contributed by atoms with E-state index in [-0.39, 0.29) is 14.5 Å². The summed E-state index contributed by atoms with van der Waals surface area (Å²) in [5.74, 6) is 0. The maximum absolute atomic E-state index is 10.3. The van der Waals surface area contributed by atoms with Crippen molar-refractivity contribution in [2.75, 3.05) is 0 Å². The molecule has 0 amide bonds. The summed E-state index contributed by atoms with van der Waals surface area (Å²) in [6.07, 6.45) is 0. The standard InChI is InChI=1S/C47H27NSe/c48-28-41-30-16-4-6-18-32(30)45(33-19-7-5-17-31(33)41)39-25-12-26-40-46-38(24-13-27-42(46)49-47(39)40)44-36-22-10-8-20-34(36)43(29-14-2-1-3-15-29)35-21-9-11-23-37(35)44/h1-27H. The molecule has 0 saturated carbocycles. The van der Waals surface area contributed by atoms with Crippen LogP contribution in [0.2, 0.25) is 0 Å². The molecule has 0 aliphatic rings. The van der Waals surface area contributed by atoms with Crippen molar-refractivity contribution in [3.05, 3.63) is 169 Å². The van der Waals surface area contributed by atoms with E-state index in [2.05, 4.69) is 158 Å². The topological polar surface area (TPSA) is 23.8 Å². The maximum atomic E-state index is 10.3. The van der Waals surface area contributed by atoms with E-state index in [0.29, 0.717) is 0 Å². The molecule has 0 fully saturated rings. The summed E-state index contributed by atoms with van der Waals surface area (Å²) in [6.45, 7) is 0. The fourth-order valence-electron chi connectivity index (χ4n) is 8.13. The number of nitrogens with zero attached hydrogens (tertiary/aromatic N) is 1. The third-order valence-corrected chi connectivity index (χ3v) is 12.6. The van der Waals surface area contributed by atoms with Gasteiger partial charge < -0.3 is 0 Å². The fraction of sp³-hybridized carbons (Fsp3) is 0. The monoisotopic (exact) mass is 685 g/mol. The summed E-state index contributed by atoms with van der Waals surface area (Å²) < 4.78 is 2.82. The third-order valence-electron chi connectivity index (χ3n) is 10.1. The van der Waals surface area contributed by atoms with E-state index in [4.69, 9.17) is 0 Å². The van der Waals surface area contributed by atoms with Gasteiger partial charge in [-0.25, -0.2) is 0 Å². The molecule has 0 radical (unpaired) electrons. The summed E-state index contributed by atoms with van der Waals surface area (Å²) in [6, 6.07) is 61.8. The van der Waals surface area contributed by atoms with Crippen molar-refractivity contribution in [2.45, 2.75) is 0 Å². The molecule has 9 aromatic carbocycles. The first kappa shape index (κ1) is 28.1. The van der Waals surface area contributed by atoms with Crippen LogP contribution in [-0.2, 0) is 0 Å². The number of fused-ring (bicyclic) bond motifs is 7. The Morgan fingerprint density at radius 3 is 1.37 bits per heavy atom. The quantitative estimate of drug-likeness (QED) is 0.134. The van der Waals surface area contributed by atoms with Crippen LogP contribution < -0.4 is 0 Å². The van der Waals surface area contributed by atoms with Gasteiger partial charge in [-0.2, -0.15) is 0 Å². The molecule has 0 aliphatic carbocycles. The van der Waals surface area contributed by atoms with Gasteiger partial charge in [0.2, 0.25) is 0 Å². The van der Waals surface area contributed by atoms with E-state index in [0.717, 1.165) is 27.1 Å². The molecule has 226 valence electrons. The van der Waals surface area contributed by atoms with Crippen LogP contribution in [0.15, 0.2) is 164 Å². The average Bonchev–Trinajstić information content (AvgIpc) is 3.56. The molecule has 0 aliphatic heterocycles. The molecular formula is C47H27NSe. The second-order valence-electron chi connectivity index (χ2n) is 12.6. The molecule has 1 heterocycles. The summed E-state index contributed by atoms with van der Waals surface area (Å²) in [4.78, 5) is 0. The molecule has 0 N–H and O–H groups in total. The molecule has 10 aromatic rings. The summed E-state index contributed by atoms with van der Waals surface area (Å²) >= 11 is 0.100. The van der Waals surface area contributed by atoms with Crippen molar-refractivity contribution in [3.63, 3.8) is 0 Å². The van der Waals surface area contributed by atoms with Gasteiger partial charge in [0.25, 0.3) is 0 Å². The van der Waals surface area contributed by atoms with Gasteiger partial charge in [0.15, 0.2) is 0 Å². The van der Waals surface area contributed by atoms with Crippen molar-refractivity contribution in [2.24, 2.45) is 0 Å². The van der Waals surface area contributed by atoms with Crippen LogP contribution in [0.3, 0.4) is 0 Å². The van der Waals surface area contributed by atoms with Crippen molar-refractivity contribution in [1.82, 2.24) is 0 Å². The van der Waals surface area contributed by atoms with Gasteiger partial charge in [-0.1, -0.05) is 0 Å². The third kappa shape index (κ3) is 4.11. The first-order chi connectivity index (χ1) is 24.3. The first-order valence-electron chi connectivity index (χ1n) is 16.6. The van der Waals surface area contributed by atoms with Crippen LogP contribution in [0.4, 0.5) is 0 Å². The Labute approximate surface area is 289 Å². The van der Waals surface area contributed by atoms with E-state index in [1.54, 1.807) is 0 Å². The predicted molar refractivity (Wildman–Crippen MR) is 209 cm³/mol. The van der Waals surface area contributed by atoms with E-state index in [1.165, 1.54) is 74.2 Å². The average molecular weight is 685 g/mol. The normalized spacial score (nSPS) is 11.7. The summed E-state index contributed by atoms with van der Waals surface area (Å²) in [5, 5.41) is 22.3. The molecule has 0 spiro atoms. The van der Waals surface area contributed by atoms with Gasteiger partial charge >= 0.3 is 291 Å². The molecular weight excluding hydrogens is 657 g/mol. The summed E-state index contributed by atoms with van der Waals surface area (Å²) in [5.41, 5.74) is 8.35. The van der Waals surface area contributed by atoms with Crippen LogP contribution in [-0.4, -0.2) is 14.5 Å². The Bertz CT molecular complexity index is 2880. The zero-order valence-corrected chi connectivity index (χ0v) is 28.2. The van der Waals surface area contributed by atoms with Crippen LogP contribution in [0.1, 0.15) is 5.56 Å². The zero-order valence-electron chi connectivity index (χ0n) is 26.4. The molecule has 0 unspecified atom stereocenters. The van der Waals surface area contributed by atoms with Gasteiger partial charge in [0, 0.05) is 0 Å². The number of nitriles is 1. The minimum absolute atomic E-state index is 0.100. The van der Waals surface area contributed by atoms with Gasteiger partial charge in [-0.05, 0) is 0 Å². The molecule has 10 rings (SSSR count). The molecule has 0 bridgehead atoms. The fourth-order valence-corrected chi connectivity index (χ4v) is 10.7. The van der Waals surface area contributed by atoms with E-state index in [9.17, 15) is 5.26 Å². The van der Waals surface area contributed by atoms with E-state index in [1.807, 2.05) is 12.1 Å². The molecule has 1 nitrogen and oxygen atoms in total. The molecule has 49 heavy (non-hydrogen) atoms. The molecule has 2 heteroatoms. The van der Waals surface area contributed by atoms with E-state index < -0.39 is 0 Å². The first-order valence-corrected chi connectivity index (χ1v) is 18.3. The SMILES string of the molecule is N#Cc1c2ccccc2c(-c2cccc3c2[se]c2cccc(-c4c5ccccc5c(-c5ccccc5)c5ccccc45)c23)c2ccccc12. The second-order valence-corrected chi connectivity index (χ2v) is 14.8. The Balaban J connectivity index is 1.33. The van der Waals surface area contributed by atoms with Crippen LogP contribution in [0.5, 0.6) is 0 Å². The van der Waals surface area contributed by atoms with Crippen LogP contribution >= 0.6 is 0 Å². The van der Waals surface area contributed by atoms with Gasteiger partial charge in [-0.3, -0.25) is 0 Å². The van der Waals surface area contributed by atoms with Gasteiger partial charge in [-0.15, -0.1) is 0 Å². The Morgan fingerprint density at radius 1 is 0.367 bits per heavy atom. The minimum atomic E-state index is 0.100. The van der Waals surface area contributed by atoms with Crippen molar-refractivity contribution in [1.29, 1.82) is 5.26 Å². The van der Waals surface area contributed by atoms with Crippen molar-refractivity contribution < 1.29 is 0 Å². The Hall–Kier alpha value is -5.97. The Morgan fingerprint density at radius 2 is 0.796 bits per heavy atom. The number of benzene rings is 9. The number of hydrogen-bond acceptors (Lipinski definition) is 1. The van der Waals surface area contributed by atoms with Crippen molar-refractivity contribution in [3.8, 4) is 39.4 Å². The van der Waals surface area contributed by atoms with E-state index >= 15 is 0 Å². The number of rotatable bonds is 3. The van der Waals surface area contributed by atoms with Crippen LogP contribution in [0.25, 0.3) is 95.8 Å². The summed E-state index contributed by atoms with van der Waals surface area (Å²) in [7, 11) is 0. The second kappa shape index (κ2) is 11.0. The van der Waals surface area contributed by atoms with Gasteiger partial charge in [0.05, 0.1) is 0 Å².